The van der Waals surface area contributed by atoms with Crippen LogP contribution in [0, 0.1) is 0 Å². The summed E-state index contributed by atoms with van der Waals surface area (Å²) in [4.78, 5) is 34.9. The lowest BCUT2D eigenvalue weighted by Gasteiger charge is -2.06. The molecule has 3 aromatic rings. The second kappa shape index (κ2) is 4.67. The van der Waals surface area contributed by atoms with Crippen molar-refractivity contribution in [3.63, 3.8) is 0 Å². The second-order valence-corrected chi connectivity index (χ2v) is 4.15. The molecule has 0 fully saturated rings. The van der Waals surface area contributed by atoms with Crippen LogP contribution in [-0.2, 0) is 0 Å². The average molecular weight is 287 g/mol. The molecule has 8 heteroatoms. The maximum atomic E-state index is 11.9. The Bertz CT molecular complexity index is 877. The molecule has 21 heavy (non-hydrogen) atoms. The van der Waals surface area contributed by atoms with E-state index in [-0.39, 0.29) is 0 Å². The van der Waals surface area contributed by atoms with Gasteiger partial charge in [-0.05, 0) is 12.1 Å². The first-order valence-corrected chi connectivity index (χ1v) is 5.87. The highest BCUT2D eigenvalue weighted by atomic mass is 16.7. The van der Waals surface area contributed by atoms with Crippen molar-refractivity contribution < 1.29 is 19.8 Å². The van der Waals surface area contributed by atoms with Crippen LogP contribution in [-0.4, -0.2) is 30.9 Å². The van der Waals surface area contributed by atoms with Crippen molar-refractivity contribution in [3.05, 3.63) is 52.4 Å². The molecule has 0 atom stereocenters. The molecule has 106 valence electrons. The van der Waals surface area contributed by atoms with Crippen LogP contribution in [0.4, 0.5) is 0 Å². The van der Waals surface area contributed by atoms with Crippen LogP contribution in [0.2, 0.25) is 0 Å². The molecule has 0 aliphatic rings. The summed E-state index contributed by atoms with van der Waals surface area (Å²) in [5, 5.41) is 18.8. The molecule has 1 aromatic carbocycles. The van der Waals surface area contributed by atoms with Crippen LogP contribution in [0.3, 0.4) is 0 Å². The number of para-hydroxylation sites is 2. The van der Waals surface area contributed by atoms with Crippen molar-refractivity contribution in [1.29, 1.82) is 0 Å². The SMILES string of the molecule is O=C(On1c(O)ccc1O)c1nc2ccccc2[nH]c1=O. The van der Waals surface area contributed by atoms with Crippen LogP contribution in [0.5, 0.6) is 11.8 Å². The molecule has 0 radical (unpaired) electrons. The Morgan fingerprint density at radius 1 is 1.14 bits per heavy atom. The molecule has 0 aliphatic heterocycles. The van der Waals surface area contributed by atoms with Crippen molar-refractivity contribution in [2.45, 2.75) is 0 Å². The highest BCUT2D eigenvalue weighted by Gasteiger charge is 2.19. The molecule has 0 bridgehead atoms. The number of nitrogens with zero attached hydrogens (tertiary/aromatic N) is 2. The molecule has 2 aromatic heterocycles. The van der Waals surface area contributed by atoms with Crippen molar-refractivity contribution in [1.82, 2.24) is 14.7 Å². The van der Waals surface area contributed by atoms with Crippen LogP contribution in [0.15, 0.2) is 41.2 Å². The summed E-state index contributed by atoms with van der Waals surface area (Å²) in [5.74, 6) is -2.08. The van der Waals surface area contributed by atoms with Gasteiger partial charge in [-0.1, -0.05) is 12.1 Å². The zero-order chi connectivity index (χ0) is 15.0. The van der Waals surface area contributed by atoms with E-state index < -0.39 is 29.0 Å². The van der Waals surface area contributed by atoms with E-state index in [0.29, 0.717) is 15.8 Å². The van der Waals surface area contributed by atoms with E-state index in [0.717, 1.165) is 12.1 Å². The standard InChI is InChI=1S/C13H9N3O5/c17-9-5-6-10(18)16(9)21-13(20)11-12(19)15-8-4-2-1-3-7(8)14-11/h1-6,17-18H,(H,15,19). The summed E-state index contributed by atoms with van der Waals surface area (Å²) in [6.07, 6.45) is 0. The number of hydrogen-bond donors (Lipinski definition) is 3. The Hall–Kier alpha value is -3.29. The van der Waals surface area contributed by atoms with E-state index in [1.807, 2.05) is 0 Å². The molecule has 3 N–H and O–H groups in total. The summed E-state index contributed by atoms with van der Waals surface area (Å²) >= 11 is 0. The van der Waals surface area contributed by atoms with Crippen LogP contribution < -0.4 is 10.4 Å². The Morgan fingerprint density at radius 3 is 2.52 bits per heavy atom. The van der Waals surface area contributed by atoms with Gasteiger partial charge < -0.3 is 20.0 Å². The van der Waals surface area contributed by atoms with E-state index in [4.69, 9.17) is 4.84 Å². The van der Waals surface area contributed by atoms with Crippen LogP contribution in [0.25, 0.3) is 11.0 Å². The number of benzene rings is 1. The van der Waals surface area contributed by atoms with Gasteiger partial charge in [0.2, 0.25) is 17.5 Å². The number of aromatic amines is 1. The van der Waals surface area contributed by atoms with Crippen molar-refractivity contribution in [2.75, 3.05) is 0 Å². The van der Waals surface area contributed by atoms with E-state index >= 15 is 0 Å². The molecule has 0 amide bonds. The summed E-state index contributed by atoms with van der Waals surface area (Å²) < 4.78 is 0.485. The quantitative estimate of drug-likeness (QED) is 0.628. The van der Waals surface area contributed by atoms with E-state index in [9.17, 15) is 19.8 Å². The fourth-order valence-corrected chi connectivity index (χ4v) is 1.79. The highest BCUT2D eigenvalue weighted by Crippen LogP contribution is 2.19. The van der Waals surface area contributed by atoms with Gasteiger partial charge in [-0.15, -0.1) is 4.73 Å². The molecule has 8 nitrogen and oxygen atoms in total. The van der Waals surface area contributed by atoms with Gasteiger partial charge in [0.05, 0.1) is 11.0 Å². The van der Waals surface area contributed by atoms with Gasteiger partial charge in [-0.25, -0.2) is 9.78 Å². The number of aromatic hydroxyl groups is 2. The van der Waals surface area contributed by atoms with E-state index in [2.05, 4.69) is 9.97 Å². The summed E-state index contributed by atoms with van der Waals surface area (Å²) in [6.45, 7) is 0. The molecule has 2 heterocycles. The maximum Gasteiger partial charge on any atom is 0.387 e. The molecule has 0 saturated carbocycles. The van der Waals surface area contributed by atoms with Gasteiger partial charge in [-0.2, -0.15) is 0 Å². The zero-order valence-corrected chi connectivity index (χ0v) is 10.5. The highest BCUT2D eigenvalue weighted by molar-refractivity contribution is 5.89. The van der Waals surface area contributed by atoms with Gasteiger partial charge in [-0.3, -0.25) is 4.79 Å². The number of hydrogen-bond acceptors (Lipinski definition) is 6. The number of nitrogens with one attached hydrogen (secondary N) is 1. The Kier molecular flexibility index (Phi) is 2.83. The molecular weight excluding hydrogens is 278 g/mol. The molecule has 0 aliphatic carbocycles. The van der Waals surface area contributed by atoms with Crippen LogP contribution in [0.1, 0.15) is 10.5 Å². The molecule has 0 spiro atoms. The molecular formula is C13H9N3O5. The van der Waals surface area contributed by atoms with Crippen molar-refractivity contribution in [2.24, 2.45) is 0 Å². The molecule has 3 rings (SSSR count). The smallest absolute Gasteiger partial charge is 0.387 e. The van der Waals surface area contributed by atoms with Crippen molar-refractivity contribution >= 4 is 17.0 Å². The summed E-state index contributed by atoms with van der Waals surface area (Å²) in [7, 11) is 0. The van der Waals surface area contributed by atoms with Gasteiger partial charge in [0.25, 0.3) is 5.56 Å². The van der Waals surface area contributed by atoms with Gasteiger partial charge in [0.1, 0.15) is 0 Å². The normalized spacial score (nSPS) is 10.7. The monoisotopic (exact) mass is 287 g/mol. The average Bonchev–Trinajstić information content (AvgIpc) is 2.78. The molecule has 0 unspecified atom stereocenters. The van der Waals surface area contributed by atoms with Gasteiger partial charge in [0.15, 0.2) is 0 Å². The third kappa shape index (κ3) is 2.18. The predicted molar refractivity (Wildman–Crippen MR) is 71.0 cm³/mol. The first kappa shape index (κ1) is 12.7. The maximum absolute atomic E-state index is 11.9. The largest absolute Gasteiger partial charge is 0.492 e. The number of fused-ring (bicyclic) bond motifs is 1. The van der Waals surface area contributed by atoms with Gasteiger partial charge in [0, 0.05) is 12.1 Å². The lowest BCUT2D eigenvalue weighted by Crippen LogP contribution is -2.28. The predicted octanol–water partition coefficient (Wildman–Crippen LogP) is 0.405. The lowest BCUT2D eigenvalue weighted by molar-refractivity contribution is 0.0373. The molecule has 0 saturated heterocycles. The van der Waals surface area contributed by atoms with Crippen LogP contribution >= 0.6 is 0 Å². The fraction of sp³-hybridized carbons (Fsp3) is 0. The van der Waals surface area contributed by atoms with E-state index in [1.54, 1.807) is 24.3 Å². The first-order chi connectivity index (χ1) is 10.1. The third-order valence-electron chi connectivity index (χ3n) is 2.76. The number of H-pyrrole nitrogens is 1. The Balaban J connectivity index is 2.02. The number of carbonyl (C=O) groups is 1. The minimum absolute atomic E-state index is 0.407. The zero-order valence-electron chi connectivity index (χ0n) is 10.5. The number of rotatable bonds is 2. The fourth-order valence-electron chi connectivity index (χ4n) is 1.79. The minimum Gasteiger partial charge on any atom is -0.492 e. The third-order valence-corrected chi connectivity index (χ3v) is 2.76. The summed E-state index contributed by atoms with van der Waals surface area (Å²) in [6, 6.07) is 8.93. The minimum atomic E-state index is -1.11. The lowest BCUT2D eigenvalue weighted by atomic mass is 10.3. The van der Waals surface area contributed by atoms with E-state index in [1.165, 1.54) is 0 Å². The topological polar surface area (TPSA) is 117 Å². The Morgan fingerprint density at radius 2 is 1.81 bits per heavy atom. The number of carbonyl (C=O) groups excluding carboxylic acids is 1. The van der Waals surface area contributed by atoms with Gasteiger partial charge >= 0.3 is 5.97 Å². The first-order valence-electron chi connectivity index (χ1n) is 5.87. The summed E-state index contributed by atoms with van der Waals surface area (Å²) in [5.41, 5.74) is -0.332. The number of aromatic nitrogens is 3. The second-order valence-electron chi connectivity index (χ2n) is 4.15. The van der Waals surface area contributed by atoms with Crippen molar-refractivity contribution in [3.8, 4) is 11.8 Å². The Labute approximate surface area is 116 Å².